The number of anilines is 1. The molecular formula is C12H20N4. The highest BCUT2D eigenvalue weighted by Gasteiger charge is 2.17. The molecule has 16 heavy (non-hydrogen) atoms. The summed E-state index contributed by atoms with van der Waals surface area (Å²) in [6, 6.07) is 0. The Labute approximate surface area is 97.6 Å². The summed E-state index contributed by atoms with van der Waals surface area (Å²) < 4.78 is 0. The zero-order valence-corrected chi connectivity index (χ0v) is 10.6. The van der Waals surface area contributed by atoms with E-state index in [-0.39, 0.29) is 0 Å². The van der Waals surface area contributed by atoms with Crippen LogP contribution in [0.2, 0.25) is 0 Å². The number of rotatable bonds is 1. The molecule has 1 aliphatic rings. The second-order valence-electron chi connectivity index (χ2n) is 4.12. The van der Waals surface area contributed by atoms with Crippen molar-refractivity contribution >= 4 is 5.95 Å². The van der Waals surface area contributed by atoms with Gasteiger partial charge < -0.3 is 4.90 Å². The summed E-state index contributed by atoms with van der Waals surface area (Å²) in [5, 5.41) is 0. The normalized spacial score (nSPS) is 13.8. The summed E-state index contributed by atoms with van der Waals surface area (Å²) in [6.45, 7) is 7.17. The lowest BCUT2D eigenvalue weighted by Gasteiger charge is -2.10. The van der Waals surface area contributed by atoms with E-state index >= 15 is 0 Å². The fourth-order valence-corrected chi connectivity index (χ4v) is 1.52. The summed E-state index contributed by atoms with van der Waals surface area (Å²) in [5.74, 6) is 0.800. The van der Waals surface area contributed by atoms with E-state index in [2.05, 4.69) is 28.5 Å². The molecule has 0 N–H and O–H groups in total. The molecule has 0 saturated carbocycles. The van der Waals surface area contributed by atoms with Crippen molar-refractivity contribution in [3.05, 3.63) is 30.1 Å². The Morgan fingerprint density at radius 3 is 2.62 bits per heavy atom. The zero-order chi connectivity index (χ0) is 12.1. The predicted octanol–water partition coefficient (Wildman–Crippen LogP) is 1.68. The van der Waals surface area contributed by atoms with Crippen LogP contribution in [0.1, 0.15) is 18.2 Å². The molecule has 0 fully saturated rings. The van der Waals surface area contributed by atoms with Crippen molar-refractivity contribution < 1.29 is 0 Å². The van der Waals surface area contributed by atoms with Crippen molar-refractivity contribution in [2.24, 2.45) is 0 Å². The van der Waals surface area contributed by atoms with Crippen LogP contribution in [-0.4, -0.2) is 36.0 Å². The first-order chi connectivity index (χ1) is 7.58. The van der Waals surface area contributed by atoms with Gasteiger partial charge in [0.15, 0.2) is 0 Å². The number of hydrogen-bond acceptors (Lipinski definition) is 4. The average molecular weight is 220 g/mol. The van der Waals surface area contributed by atoms with E-state index in [0.29, 0.717) is 0 Å². The van der Waals surface area contributed by atoms with E-state index in [1.165, 1.54) is 11.3 Å². The van der Waals surface area contributed by atoms with Crippen molar-refractivity contribution in [2.45, 2.75) is 20.0 Å². The first-order valence-electron chi connectivity index (χ1n) is 5.36. The van der Waals surface area contributed by atoms with E-state index < -0.39 is 0 Å². The van der Waals surface area contributed by atoms with Crippen molar-refractivity contribution in [1.82, 2.24) is 14.9 Å². The quantitative estimate of drug-likeness (QED) is 0.674. The van der Waals surface area contributed by atoms with E-state index in [4.69, 9.17) is 0 Å². The highest BCUT2D eigenvalue weighted by Crippen LogP contribution is 2.19. The molecule has 0 atom stereocenters. The molecule has 2 rings (SSSR count). The summed E-state index contributed by atoms with van der Waals surface area (Å²) in [7, 11) is 6.01. The molecule has 0 unspecified atom stereocenters. The first kappa shape index (κ1) is 12.6. The van der Waals surface area contributed by atoms with Crippen molar-refractivity contribution in [3.63, 3.8) is 0 Å². The molecule has 0 spiro atoms. The lowest BCUT2D eigenvalue weighted by atomic mass is 10.3. The summed E-state index contributed by atoms with van der Waals surface area (Å²) in [4.78, 5) is 12.9. The number of allylic oxidation sites excluding steroid dienone is 1. The minimum Gasteiger partial charge on any atom is -0.347 e. The Morgan fingerprint density at radius 2 is 2.06 bits per heavy atom. The van der Waals surface area contributed by atoms with Gasteiger partial charge in [0.05, 0.1) is 5.69 Å². The second kappa shape index (κ2) is 5.61. The van der Waals surface area contributed by atoms with Crippen LogP contribution in [0, 0.1) is 0 Å². The van der Waals surface area contributed by atoms with E-state index in [1.807, 2.05) is 32.1 Å². The number of aromatic nitrogens is 2. The number of fused-ring (bicyclic) bond motifs is 1. The molecule has 0 amide bonds. The number of nitrogens with zero attached hydrogens (tertiary/aromatic N) is 4. The molecular weight excluding hydrogens is 200 g/mol. The highest BCUT2D eigenvalue weighted by molar-refractivity contribution is 5.32. The molecule has 2 heterocycles. The Bertz CT molecular complexity index is 360. The van der Waals surface area contributed by atoms with Gasteiger partial charge in [0.1, 0.15) is 0 Å². The monoisotopic (exact) mass is 220 g/mol. The van der Waals surface area contributed by atoms with Gasteiger partial charge in [-0.2, -0.15) is 0 Å². The summed E-state index contributed by atoms with van der Waals surface area (Å²) >= 11 is 0. The van der Waals surface area contributed by atoms with E-state index in [0.717, 1.165) is 19.0 Å². The van der Waals surface area contributed by atoms with Gasteiger partial charge in [-0.25, -0.2) is 9.97 Å². The third-order valence-electron chi connectivity index (χ3n) is 2.20. The Balaban J connectivity index is 0.000000386. The average Bonchev–Trinajstić information content (AvgIpc) is 2.57. The summed E-state index contributed by atoms with van der Waals surface area (Å²) in [6.07, 6.45) is 3.68. The maximum Gasteiger partial charge on any atom is 0.225 e. The fraction of sp³-hybridized carbons (Fsp3) is 0.500. The van der Waals surface area contributed by atoms with Crippen LogP contribution in [0.15, 0.2) is 18.9 Å². The van der Waals surface area contributed by atoms with Crippen molar-refractivity contribution in [2.75, 3.05) is 26.0 Å². The number of hydrogen-bond donors (Lipinski definition) is 0. The maximum absolute atomic E-state index is 4.48. The minimum atomic E-state index is 0.800. The second-order valence-corrected chi connectivity index (χ2v) is 4.12. The maximum atomic E-state index is 4.48. The third-order valence-corrected chi connectivity index (χ3v) is 2.20. The van der Waals surface area contributed by atoms with Crippen molar-refractivity contribution in [1.29, 1.82) is 0 Å². The van der Waals surface area contributed by atoms with Gasteiger partial charge in [-0.05, 0) is 14.0 Å². The van der Waals surface area contributed by atoms with Crippen molar-refractivity contribution in [3.8, 4) is 0 Å². The standard InChI is InChI=1S/C9H14N4.C3H6/c1-12(2)9-10-4-7-5-13(3)6-8(7)11-9;1-3-2/h4H,5-6H2,1-3H3;3H,1H2,2H3. The van der Waals surface area contributed by atoms with Crippen LogP contribution >= 0.6 is 0 Å². The lowest BCUT2D eigenvalue weighted by molar-refractivity contribution is 0.351. The molecule has 1 aliphatic heterocycles. The van der Waals surface area contributed by atoms with Crippen LogP contribution in [0.3, 0.4) is 0 Å². The Kier molecular flexibility index (Phi) is 4.43. The van der Waals surface area contributed by atoms with Gasteiger partial charge in [-0.1, -0.05) is 6.08 Å². The molecule has 4 nitrogen and oxygen atoms in total. The Morgan fingerprint density at radius 1 is 1.44 bits per heavy atom. The molecule has 0 radical (unpaired) electrons. The van der Waals surface area contributed by atoms with E-state index in [1.54, 1.807) is 6.08 Å². The molecule has 0 aromatic carbocycles. The minimum absolute atomic E-state index is 0.800. The largest absolute Gasteiger partial charge is 0.347 e. The molecule has 1 aromatic rings. The van der Waals surface area contributed by atoms with Gasteiger partial charge in [0.2, 0.25) is 5.95 Å². The van der Waals surface area contributed by atoms with Gasteiger partial charge >= 0.3 is 0 Å². The highest BCUT2D eigenvalue weighted by atomic mass is 15.2. The van der Waals surface area contributed by atoms with Crippen LogP contribution < -0.4 is 4.90 Å². The molecule has 0 bridgehead atoms. The van der Waals surface area contributed by atoms with Gasteiger partial charge in [-0.15, -0.1) is 6.58 Å². The predicted molar refractivity (Wildman–Crippen MR) is 67.4 cm³/mol. The SMILES string of the molecule is C=CC.CN1Cc2cnc(N(C)C)nc2C1. The van der Waals surface area contributed by atoms with E-state index in [9.17, 15) is 0 Å². The molecule has 0 saturated heterocycles. The van der Waals surface area contributed by atoms with Crippen LogP contribution in [0.25, 0.3) is 0 Å². The van der Waals surface area contributed by atoms with Gasteiger partial charge in [0, 0.05) is 38.9 Å². The Hall–Kier alpha value is -1.42. The lowest BCUT2D eigenvalue weighted by Crippen LogP contribution is -2.13. The fourth-order valence-electron chi connectivity index (χ4n) is 1.52. The van der Waals surface area contributed by atoms with Crippen LogP contribution in [0.4, 0.5) is 5.95 Å². The van der Waals surface area contributed by atoms with Gasteiger partial charge in [0.25, 0.3) is 0 Å². The molecule has 0 aliphatic carbocycles. The zero-order valence-electron chi connectivity index (χ0n) is 10.6. The smallest absolute Gasteiger partial charge is 0.225 e. The third kappa shape index (κ3) is 3.03. The van der Waals surface area contributed by atoms with Gasteiger partial charge in [-0.3, -0.25) is 4.90 Å². The molecule has 88 valence electrons. The molecule has 4 heteroatoms. The first-order valence-corrected chi connectivity index (χ1v) is 5.36. The molecule has 1 aromatic heterocycles. The topological polar surface area (TPSA) is 32.3 Å². The summed E-state index contributed by atoms with van der Waals surface area (Å²) in [5.41, 5.74) is 2.43. The van der Waals surface area contributed by atoms with Crippen LogP contribution in [-0.2, 0) is 13.1 Å². The van der Waals surface area contributed by atoms with Crippen LogP contribution in [0.5, 0.6) is 0 Å².